The first-order chi connectivity index (χ1) is 10.1. The van der Waals surface area contributed by atoms with Gasteiger partial charge in [-0.2, -0.15) is 0 Å². The predicted octanol–water partition coefficient (Wildman–Crippen LogP) is 2.90. The third kappa shape index (κ3) is 1.87. The summed E-state index contributed by atoms with van der Waals surface area (Å²) in [6.07, 6.45) is 0. The van der Waals surface area contributed by atoms with Crippen LogP contribution in [0.15, 0.2) is 36.4 Å². The lowest BCUT2D eigenvalue weighted by molar-refractivity contribution is 0.0597. The van der Waals surface area contributed by atoms with Crippen LogP contribution in [-0.2, 0) is 4.74 Å². The van der Waals surface area contributed by atoms with E-state index in [0.717, 1.165) is 0 Å². The van der Waals surface area contributed by atoms with E-state index in [1.165, 1.54) is 31.4 Å². The van der Waals surface area contributed by atoms with Crippen molar-refractivity contribution in [1.29, 1.82) is 0 Å². The van der Waals surface area contributed by atoms with Gasteiger partial charge in [-0.1, -0.05) is 35.9 Å². The van der Waals surface area contributed by atoms with Crippen molar-refractivity contribution in [3.63, 3.8) is 0 Å². The maximum atomic E-state index is 12.6. The summed E-state index contributed by atoms with van der Waals surface area (Å²) < 4.78 is 4.67. The molecule has 5 heteroatoms. The van der Waals surface area contributed by atoms with Gasteiger partial charge in [-0.05, 0) is 12.1 Å². The van der Waals surface area contributed by atoms with Gasteiger partial charge in [-0.15, -0.1) is 0 Å². The smallest absolute Gasteiger partial charge is 0.338 e. The van der Waals surface area contributed by atoms with Gasteiger partial charge in [0.2, 0.25) is 0 Å². The summed E-state index contributed by atoms with van der Waals surface area (Å²) in [7, 11) is 1.22. The van der Waals surface area contributed by atoms with Gasteiger partial charge in [0.05, 0.1) is 23.3 Å². The molecule has 1 aliphatic rings. The molecule has 0 radical (unpaired) electrons. The Morgan fingerprint density at radius 1 is 0.952 bits per heavy atom. The topological polar surface area (TPSA) is 60.4 Å². The van der Waals surface area contributed by atoms with Gasteiger partial charge in [0, 0.05) is 16.7 Å². The van der Waals surface area contributed by atoms with Crippen LogP contribution in [0, 0.1) is 0 Å². The number of hydrogen-bond acceptors (Lipinski definition) is 4. The lowest BCUT2D eigenvalue weighted by Gasteiger charge is -2.20. The number of fused-ring (bicyclic) bond motifs is 2. The van der Waals surface area contributed by atoms with Crippen molar-refractivity contribution in [3.8, 4) is 0 Å². The van der Waals surface area contributed by atoms with Gasteiger partial charge in [0.15, 0.2) is 11.6 Å². The van der Waals surface area contributed by atoms with Crippen LogP contribution in [-0.4, -0.2) is 24.6 Å². The van der Waals surface area contributed by atoms with Crippen molar-refractivity contribution in [2.24, 2.45) is 0 Å². The number of esters is 1. The summed E-state index contributed by atoms with van der Waals surface area (Å²) in [6.45, 7) is 0. The molecule has 0 fully saturated rings. The summed E-state index contributed by atoms with van der Waals surface area (Å²) in [5.74, 6) is -1.42. The molecule has 0 saturated heterocycles. The number of carbonyl (C=O) groups excluding carboxylic acids is 3. The summed E-state index contributed by atoms with van der Waals surface area (Å²) >= 11 is 6.03. The fourth-order valence-electron chi connectivity index (χ4n) is 2.48. The largest absolute Gasteiger partial charge is 0.465 e. The Kier molecular flexibility index (Phi) is 3.11. The Bertz CT molecular complexity index is 808. The highest BCUT2D eigenvalue weighted by atomic mass is 35.5. The molecule has 104 valence electrons. The van der Waals surface area contributed by atoms with Crippen molar-refractivity contribution < 1.29 is 19.1 Å². The molecule has 0 amide bonds. The van der Waals surface area contributed by atoms with Crippen molar-refractivity contribution in [3.05, 3.63) is 69.2 Å². The number of benzene rings is 2. The molecule has 0 bridgehead atoms. The van der Waals surface area contributed by atoms with E-state index in [1.54, 1.807) is 12.1 Å². The molecule has 2 aromatic carbocycles. The first kappa shape index (κ1) is 13.5. The average molecular weight is 301 g/mol. The molecule has 4 nitrogen and oxygen atoms in total. The van der Waals surface area contributed by atoms with Crippen molar-refractivity contribution in [2.45, 2.75) is 0 Å². The molecule has 0 saturated carbocycles. The zero-order valence-corrected chi connectivity index (χ0v) is 11.7. The number of ether oxygens (including phenoxy) is 1. The van der Waals surface area contributed by atoms with E-state index in [1.807, 2.05) is 0 Å². The van der Waals surface area contributed by atoms with E-state index in [-0.39, 0.29) is 38.6 Å². The standard InChI is InChI=1S/C16H9ClO4/c1-21-16(20)10-6-2-4-8-12(10)14(18)9-5-3-7-11(17)13(9)15(8)19/h2-7H,1H3. The molecule has 3 rings (SSSR count). The first-order valence-electron chi connectivity index (χ1n) is 6.15. The number of hydrogen-bond donors (Lipinski definition) is 0. The van der Waals surface area contributed by atoms with E-state index >= 15 is 0 Å². The van der Waals surface area contributed by atoms with Gasteiger partial charge < -0.3 is 4.74 Å². The lowest BCUT2D eigenvalue weighted by atomic mass is 9.82. The van der Waals surface area contributed by atoms with E-state index in [2.05, 4.69) is 4.74 Å². The van der Waals surface area contributed by atoms with Crippen LogP contribution >= 0.6 is 11.6 Å². The highest BCUT2D eigenvalue weighted by Gasteiger charge is 2.34. The zero-order valence-electron chi connectivity index (χ0n) is 11.0. The summed E-state index contributed by atoms with van der Waals surface area (Å²) in [6, 6.07) is 9.19. The second-order valence-electron chi connectivity index (χ2n) is 4.54. The summed E-state index contributed by atoms with van der Waals surface area (Å²) in [5.41, 5.74) is 0.710. The Morgan fingerprint density at radius 3 is 2.19 bits per heavy atom. The fraction of sp³-hybridized carbons (Fsp3) is 0.0625. The first-order valence-corrected chi connectivity index (χ1v) is 6.53. The molecule has 0 spiro atoms. The third-order valence-electron chi connectivity index (χ3n) is 3.43. The molecule has 0 aromatic heterocycles. The maximum Gasteiger partial charge on any atom is 0.338 e. The molecule has 1 aliphatic carbocycles. The quantitative estimate of drug-likeness (QED) is 0.648. The minimum absolute atomic E-state index is 0.0733. The summed E-state index contributed by atoms with van der Waals surface area (Å²) in [4.78, 5) is 37.0. The van der Waals surface area contributed by atoms with Crippen molar-refractivity contribution >= 4 is 29.1 Å². The van der Waals surface area contributed by atoms with Crippen molar-refractivity contribution in [2.75, 3.05) is 7.11 Å². The van der Waals surface area contributed by atoms with E-state index in [4.69, 9.17) is 11.6 Å². The number of ketones is 2. The molecule has 0 unspecified atom stereocenters. The highest BCUT2D eigenvalue weighted by molar-refractivity contribution is 6.39. The number of methoxy groups -OCH3 is 1. The number of halogens is 1. The molecule has 21 heavy (non-hydrogen) atoms. The van der Waals surface area contributed by atoms with Crippen LogP contribution < -0.4 is 0 Å². The average Bonchev–Trinajstić information content (AvgIpc) is 2.51. The van der Waals surface area contributed by atoms with Gasteiger partial charge in [0.1, 0.15) is 0 Å². The van der Waals surface area contributed by atoms with E-state index < -0.39 is 11.8 Å². The molecule has 2 aromatic rings. The second kappa shape index (κ2) is 4.82. The Balaban J connectivity index is 2.33. The number of rotatable bonds is 1. The highest BCUT2D eigenvalue weighted by Crippen LogP contribution is 2.33. The fourth-order valence-corrected chi connectivity index (χ4v) is 2.74. The van der Waals surface area contributed by atoms with Gasteiger partial charge in [-0.3, -0.25) is 9.59 Å². The van der Waals surface area contributed by atoms with Crippen LogP contribution in [0.3, 0.4) is 0 Å². The Morgan fingerprint density at radius 2 is 1.52 bits per heavy atom. The van der Waals surface area contributed by atoms with Gasteiger partial charge >= 0.3 is 5.97 Å². The molecular formula is C16H9ClO4. The Hall–Kier alpha value is -2.46. The normalized spacial score (nSPS) is 12.7. The molecule has 0 atom stereocenters. The molecule has 0 heterocycles. The van der Waals surface area contributed by atoms with Crippen LogP contribution in [0.5, 0.6) is 0 Å². The lowest BCUT2D eigenvalue weighted by Crippen LogP contribution is -2.24. The van der Waals surface area contributed by atoms with E-state index in [0.29, 0.717) is 0 Å². The minimum Gasteiger partial charge on any atom is -0.465 e. The van der Waals surface area contributed by atoms with Crippen LogP contribution in [0.1, 0.15) is 42.2 Å². The third-order valence-corrected chi connectivity index (χ3v) is 3.74. The summed E-state index contributed by atoms with van der Waals surface area (Å²) in [5, 5.41) is 0.222. The monoisotopic (exact) mass is 300 g/mol. The minimum atomic E-state index is -0.654. The SMILES string of the molecule is COC(=O)c1cccc2c1C(=O)c1cccc(Cl)c1C2=O. The molecule has 0 N–H and O–H groups in total. The maximum absolute atomic E-state index is 12.6. The van der Waals surface area contributed by atoms with Crippen LogP contribution in [0.2, 0.25) is 5.02 Å². The predicted molar refractivity (Wildman–Crippen MR) is 76.1 cm³/mol. The number of carbonyl (C=O) groups is 3. The van der Waals surface area contributed by atoms with Gasteiger partial charge in [0.25, 0.3) is 0 Å². The molecular weight excluding hydrogens is 292 g/mol. The van der Waals surface area contributed by atoms with Crippen LogP contribution in [0.4, 0.5) is 0 Å². The Labute approximate surface area is 125 Å². The second-order valence-corrected chi connectivity index (χ2v) is 4.95. The van der Waals surface area contributed by atoms with Crippen molar-refractivity contribution in [1.82, 2.24) is 0 Å². The van der Waals surface area contributed by atoms with Crippen LogP contribution in [0.25, 0.3) is 0 Å². The van der Waals surface area contributed by atoms with E-state index in [9.17, 15) is 14.4 Å². The van der Waals surface area contributed by atoms with Gasteiger partial charge in [-0.25, -0.2) is 4.79 Å². The molecule has 0 aliphatic heterocycles. The zero-order chi connectivity index (χ0) is 15.1.